The van der Waals surface area contributed by atoms with E-state index in [-0.39, 0.29) is 29.2 Å². The van der Waals surface area contributed by atoms with Gasteiger partial charge in [0.2, 0.25) is 0 Å². The van der Waals surface area contributed by atoms with Gasteiger partial charge in [-0.15, -0.1) is 0 Å². The highest BCUT2D eigenvalue weighted by molar-refractivity contribution is 7.86. The normalized spacial score (nSPS) is 25.9. The Kier molecular flexibility index (Phi) is 6.12. The lowest BCUT2D eigenvalue weighted by Crippen LogP contribution is -2.48. The van der Waals surface area contributed by atoms with Crippen molar-refractivity contribution in [3.05, 3.63) is 95.4 Å². The van der Waals surface area contributed by atoms with Crippen LogP contribution in [0.25, 0.3) is 16.6 Å². The van der Waals surface area contributed by atoms with Crippen molar-refractivity contribution in [2.75, 3.05) is 33.3 Å². The van der Waals surface area contributed by atoms with Gasteiger partial charge in [-0.25, -0.2) is 9.07 Å². The molecule has 9 heteroatoms. The molecule has 1 saturated carbocycles. The van der Waals surface area contributed by atoms with E-state index in [0.29, 0.717) is 26.2 Å². The van der Waals surface area contributed by atoms with Crippen molar-refractivity contribution in [2.24, 2.45) is 5.92 Å². The fourth-order valence-electron chi connectivity index (χ4n) is 7.33. The lowest BCUT2D eigenvalue weighted by molar-refractivity contribution is 0.0591. The van der Waals surface area contributed by atoms with E-state index < -0.39 is 10.2 Å². The molecule has 3 heterocycles. The molecule has 3 aliphatic rings. The first-order valence-corrected chi connectivity index (χ1v) is 15.3. The van der Waals surface area contributed by atoms with Crippen LogP contribution in [0.3, 0.4) is 0 Å². The minimum atomic E-state index is -3.57. The molecular formula is C31H33FN4O3S. The SMILES string of the molecule is COC1CCN(S(=O)(=O)N2C[C@H]3[C@H](c4ccccc4)[C@@]3(c3cc4cnn(-c5ccc(F)cc5)c4cc3C)C2)CC1. The van der Waals surface area contributed by atoms with Crippen LogP contribution in [-0.4, -0.2) is 66.2 Å². The zero-order valence-electron chi connectivity index (χ0n) is 22.7. The maximum atomic E-state index is 13.8. The predicted octanol–water partition coefficient (Wildman–Crippen LogP) is 4.80. The van der Waals surface area contributed by atoms with Gasteiger partial charge in [0.1, 0.15) is 5.82 Å². The molecule has 0 unspecified atom stereocenters. The highest BCUT2D eigenvalue weighted by Gasteiger charge is 2.71. The largest absolute Gasteiger partial charge is 0.381 e. The number of halogens is 1. The van der Waals surface area contributed by atoms with Crippen molar-refractivity contribution in [3.8, 4) is 5.69 Å². The smallest absolute Gasteiger partial charge is 0.282 e. The van der Waals surface area contributed by atoms with Crippen LogP contribution >= 0.6 is 0 Å². The number of aromatic nitrogens is 2. The van der Waals surface area contributed by atoms with E-state index >= 15 is 0 Å². The van der Waals surface area contributed by atoms with Crippen LogP contribution in [0.2, 0.25) is 0 Å². The van der Waals surface area contributed by atoms with Crippen molar-refractivity contribution in [1.82, 2.24) is 18.4 Å². The highest BCUT2D eigenvalue weighted by atomic mass is 32.2. The number of rotatable bonds is 6. The number of piperidine rings is 2. The van der Waals surface area contributed by atoms with Gasteiger partial charge < -0.3 is 4.74 Å². The van der Waals surface area contributed by atoms with Crippen molar-refractivity contribution in [3.63, 3.8) is 0 Å². The topological polar surface area (TPSA) is 67.7 Å². The summed E-state index contributed by atoms with van der Waals surface area (Å²) < 4.78 is 51.8. The molecule has 1 aromatic heterocycles. The first-order valence-electron chi connectivity index (χ1n) is 13.9. The third-order valence-corrected chi connectivity index (χ3v) is 11.3. The predicted molar refractivity (Wildman–Crippen MR) is 152 cm³/mol. The zero-order valence-corrected chi connectivity index (χ0v) is 23.5. The van der Waals surface area contributed by atoms with Crippen LogP contribution < -0.4 is 0 Å². The van der Waals surface area contributed by atoms with Crippen molar-refractivity contribution >= 4 is 21.1 Å². The second-order valence-corrected chi connectivity index (χ2v) is 13.4. The van der Waals surface area contributed by atoms with Crippen LogP contribution in [0.15, 0.2) is 72.9 Å². The Morgan fingerprint density at radius 3 is 2.42 bits per heavy atom. The Bertz CT molecular complexity index is 1670. The molecular weight excluding hydrogens is 527 g/mol. The van der Waals surface area contributed by atoms with E-state index in [1.165, 1.54) is 23.3 Å². The number of ether oxygens (including phenoxy) is 1. The van der Waals surface area contributed by atoms with Crippen molar-refractivity contribution < 1.29 is 17.5 Å². The van der Waals surface area contributed by atoms with Gasteiger partial charge in [0, 0.05) is 50.0 Å². The molecule has 0 amide bonds. The number of fused-ring (bicyclic) bond motifs is 2. The summed E-state index contributed by atoms with van der Waals surface area (Å²) in [6.07, 6.45) is 3.41. The average Bonchev–Trinajstić information content (AvgIpc) is 3.23. The molecule has 3 fully saturated rings. The Morgan fingerprint density at radius 2 is 1.73 bits per heavy atom. The molecule has 208 valence electrons. The van der Waals surface area contributed by atoms with E-state index in [2.05, 4.69) is 48.4 Å². The van der Waals surface area contributed by atoms with E-state index in [9.17, 15) is 12.8 Å². The molecule has 3 aromatic carbocycles. The van der Waals surface area contributed by atoms with E-state index in [1.54, 1.807) is 27.9 Å². The molecule has 4 aromatic rings. The maximum absolute atomic E-state index is 13.8. The second kappa shape index (κ2) is 9.48. The van der Waals surface area contributed by atoms with Gasteiger partial charge in [-0.1, -0.05) is 30.3 Å². The summed E-state index contributed by atoms with van der Waals surface area (Å²) in [5.41, 5.74) is 5.00. The molecule has 0 spiro atoms. The Balaban J connectivity index is 1.26. The molecule has 3 atom stereocenters. The third kappa shape index (κ3) is 3.94. The molecule has 0 radical (unpaired) electrons. The van der Waals surface area contributed by atoms with Crippen LogP contribution in [-0.2, 0) is 20.4 Å². The summed E-state index contributed by atoms with van der Waals surface area (Å²) in [6.45, 7) is 4.06. The summed E-state index contributed by atoms with van der Waals surface area (Å²) in [7, 11) is -1.88. The first-order chi connectivity index (χ1) is 19.3. The Hall–Kier alpha value is -3.11. The summed E-state index contributed by atoms with van der Waals surface area (Å²) in [5, 5.41) is 5.60. The van der Waals surface area contributed by atoms with Crippen molar-refractivity contribution in [1.29, 1.82) is 0 Å². The molecule has 40 heavy (non-hydrogen) atoms. The van der Waals surface area contributed by atoms with Crippen molar-refractivity contribution in [2.45, 2.75) is 37.2 Å². The summed E-state index contributed by atoms with van der Waals surface area (Å²) in [5.74, 6) is 0.167. The van der Waals surface area contributed by atoms with Crippen LogP contribution in [0.5, 0.6) is 0 Å². The fraction of sp³-hybridized carbons (Fsp3) is 0.387. The number of hydrogen-bond acceptors (Lipinski definition) is 4. The van der Waals surface area contributed by atoms with Crippen LogP contribution in [0, 0.1) is 18.7 Å². The fourth-order valence-corrected chi connectivity index (χ4v) is 9.05. The molecule has 0 bridgehead atoms. The number of methoxy groups -OCH3 is 1. The average molecular weight is 561 g/mol. The second-order valence-electron chi connectivity index (χ2n) is 11.4. The third-order valence-electron chi connectivity index (χ3n) is 9.38. The summed E-state index contributed by atoms with van der Waals surface area (Å²) in [4.78, 5) is 0. The lowest BCUT2D eigenvalue weighted by atomic mass is 9.87. The number of hydrogen-bond donors (Lipinski definition) is 0. The molecule has 0 N–H and O–H groups in total. The highest BCUT2D eigenvalue weighted by Crippen LogP contribution is 2.70. The molecule has 2 saturated heterocycles. The lowest BCUT2D eigenvalue weighted by Gasteiger charge is -2.34. The Morgan fingerprint density at radius 1 is 1.00 bits per heavy atom. The van der Waals surface area contributed by atoms with Gasteiger partial charge in [0.15, 0.2) is 0 Å². The van der Waals surface area contributed by atoms with Gasteiger partial charge in [0.05, 0.1) is 23.5 Å². The summed E-state index contributed by atoms with van der Waals surface area (Å²) in [6, 6.07) is 21.1. The van der Waals surface area contributed by atoms with Crippen LogP contribution in [0.4, 0.5) is 4.39 Å². The molecule has 1 aliphatic carbocycles. The number of aryl methyl sites for hydroxylation is 1. The maximum Gasteiger partial charge on any atom is 0.282 e. The standard InChI is InChI=1S/C31H33FN4O3S/c1-21-16-29-23(18-33-36(29)25-10-8-24(32)9-11-25)17-27(21)31-20-35(19-28(31)30(31)22-6-4-3-5-7-22)40(37,38)34-14-12-26(39-2)13-15-34/h3-11,16-18,26,28,30H,12-15,19-20H2,1-2H3/t28-,30-,31+/m0/s1. The molecule has 2 aliphatic heterocycles. The van der Waals surface area contributed by atoms with Gasteiger partial charge in [-0.05, 0) is 78.8 Å². The number of benzene rings is 3. The van der Waals surface area contributed by atoms with E-state index in [1.807, 2.05) is 16.9 Å². The van der Waals surface area contributed by atoms with Gasteiger partial charge in [-0.3, -0.25) is 0 Å². The minimum Gasteiger partial charge on any atom is -0.381 e. The molecule has 7 rings (SSSR count). The van der Waals surface area contributed by atoms with Gasteiger partial charge >= 0.3 is 0 Å². The minimum absolute atomic E-state index is 0.123. The first kappa shape index (κ1) is 25.8. The monoisotopic (exact) mass is 560 g/mol. The zero-order chi connectivity index (χ0) is 27.6. The summed E-state index contributed by atoms with van der Waals surface area (Å²) >= 11 is 0. The van der Waals surface area contributed by atoms with E-state index in [4.69, 9.17) is 4.74 Å². The quantitative estimate of drug-likeness (QED) is 0.340. The Labute approximate surface area is 234 Å². The van der Waals surface area contributed by atoms with Crippen LogP contribution in [0.1, 0.15) is 35.4 Å². The van der Waals surface area contributed by atoms with Gasteiger partial charge in [-0.2, -0.15) is 22.1 Å². The number of nitrogens with zero attached hydrogens (tertiary/aromatic N) is 4. The van der Waals surface area contributed by atoms with E-state index in [0.717, 1.165) is 35.0 Å². The molecule has 7 nitrogen and oxygen atoms in total. The van der Waals surface area contributed by atoms with Gasteiger partial charge in [0.25, 0.3) is 10.2 Å².